The number of para-hydroxylation sites is 1. The van der Waals surface area contributed by atoms with Gasteiger partial charge in [0.2, 0.25) is 4.77 Å². The standard InChI is InChI=1S/C15H21N5S/c1-12-7-9-18(10-8-12)11-19-15(21)20(17-16-19)14-6-4-3-5-13(14)2/h3-6,12H,7-11H2,1-2H3/p+1. The maximum atomic E-state index is 5.55. The van der Waals surface area contributed by atoms with Crippen LogP contribution in [0.3, 0.4) is 0 Å². The number of tetrazole rings is 1. The van der Waals surface area contributed by atoms with E-state index in [1.807, 2.05) is 22.9 Å². The largest absolute Gasteiger partial charge is 0.316 e. The molecule has 112 valence electrons. The maximum Gasteiger partial charge on any atom is 0.225 e. The number of aryl methyl sites for hydroxylation is 1. The molecule has 1 aromatic carbocycles. The van der Waals surface area contributed by atoms with Crippen molar-refractivity contribution in [2.45, 2.75) is 33.4 Å². The summed E-state index contributed by atoms with van der Waals surface area (Å²) in [5, 5.41) is 8.49. The number of quaternary nitrogens is 1. The number of piperidine rings is 1. The van der Waals surface area contributed by atoms with Crippen LogP contribution in [0, 0.1) is 17.6 Å². The summed E-state index contributed by atoms with van der Waals surface area (Å²) < 4.78 is 4.29. The Morgan fingerprint density at radius 2 is 1.95 bits per heavy atom. The van der Waals surface area contributed by atoms with Gasteiger partial charge in [-0.25, -0.2) is 0 Å². The highest BCUT2D eigenvalue weighted by Crippen LogP contribution is 2.12. The lowest BCUT2D eigenvalue weighted by Gasteiger charge is -2.26. The summed E-state index contributed by atoms with van der Waals surface area (Å²) in [7, 11) is 0. The number of benzene rings is 1. The summed E-state index contributed by atoms with van der Waals surface area (Å²) in [5.41, 5.74) is 2.16. The van der Waals surface area contributed by atoms with Gasteiger partial charge in [0.1, 0.15) is 0 Å². The average Bonchev–Trinajstić information content (AvgIpc) is 2.83. The molecule has 0 spiro atoms. The van der Waals surface area contributed by atoms with Crippen LogP contribution in [-0.4, -0.2) is 32.9 Å². The minimum absolute atomic E-state index is 0.676. The van der Waals surface area contributed by atoms with Gasteiger partial charge in [0.15, 0.2) is 6.67 Å². The predicted octanol–water partition coefficient (Wildman–Crippen LogP) is 1.38. The SMILES string of the molecule is Cc1ccccc1-n1nnn(C[NH+]2CCC(C)CC2)c1=S. The monoisotopic (exact) mass is 304 g/mol. The second kappa shape index (κ2) is 6.07. The topological polar surface area (TPSA) is 40.1 Å². The van der Waals surface area contributed by atoms with Crippen LogP contribution in [0.4, 0.5) is 0 Å². The van der Waals surface area contributed by atoms with E-state index in [1.165, 1.54) is 25.9 Å². The lowest BCUT2D eigenvalue weighted by molar-refractivity contribution is -0.929. The molecule has 21 heavy (non-hydrogen) atoms. The lowest BCUT2D eigenvalue weighted by Crippen LogP contribution is -3.12. The van der Waals surface area contributed by atoms with Crippen molar-refractivity contribution >= 4 is 12.2 Å². The van der Waals surface area contributed by atoms with Gasteiger partial charge in [0.25, 0.3) is 0 Å². The fraction of sp³-hybridized carbons (Fsp3) is 0.533. The minimum Gasteiger partial charge on any atom is -0.316 e. The molecule has 1 aliphatic heterocycles. The molecule has 6 heteroatoms. The lowest BCUT2D eigenvalue weighted by atomic mass is 10.00. The number of rotatable bonds is 3. The van der Waals surface area contributed by atoms with Crippen LogP contribution in [0.1, 0.15) is 25.3 Å². The number of aromatic nitrogens is 4. The normalized spacial score (nSPS) is 22.4. The van der Waals surface area contributed by atoms with Crippen molar-refractivity contribution in [1.82, 2.24) is 19.8 Å². The van der Waals surface area contributed by atoms with Crippen LogP contribution in [0.25, 0.3) is 5.69 Å². The van der Waals surface area contributed by atoms with Gasteiger partial charge in [0.05, 0.1) is 18.8 Å². The van der Waals surface area contributed by atoms with Gasteiger partial charge in [-0.1, -0.05) is 25.1 Å². The molecule has 1 saturated heterocycles. The molecule has 0 atom stereocenters. The van der Waals surface area contributed by atoms with Crippen molar-refractivity contribution < 1.29 is 4.90 Å². The van der Waals surface area contributed by atoms with Crippen molar-refractivity contribution in [3.05, 3.63) is 34.6 Å². The zero-order valence-electron chi connectivity index (χ0n) is 12.6. The molecule has 2 aromatic rings. The fourth-order valence-electron chi connectivity index (χ4n) is 2.87. The third-order valence-corrected chi connectivity index (χ3v) is 4.72. The highest BCUT2D eigenvalue weighted by atomic mass is 32.1. The Morgan fingerprint density at radius 1 is 1.24 bits per heavy atom. The molecule has 0 aliphatic carbocycles. The average molecular weight is 304 g/mol. The minimum atomic E-state index is 0.676. The Balaban J connectivity index is 1.80. The molecule has 1 N–H and O–H groups in total. The highest BCUT2D eigenvalue weighted by Gasteiger charge is 2.20. The molecular formula is C15H22N5S+. The molecule has 3 rings (SSSR count). The Bertz CT molecular complexity index is 667. The van der Waals surface area contributed by atoms with E-state index >= 15 is 0 Å². The quantitative estimate of drug-likeness (QED) is 0.871. The number of nitrogens with zero attached hydrogens (tertiary/aromatic N) is 4. The molecular weight excluding hydrogens is 282 g/mol. The first-order valence-electron chi connectivity index (χ1n) is 7.57. The van der Waals surface area contributed by atoms with Crippen LogP contribution in [0.5, 0.6) is 0 Å². The molecule has 0 unspecified atom stereocenters. The van der Waals surface area contributed by atoms with E-state index in [-0.39, 0.29) is 0 Å². The Morgan fingerprint density at radius 3 is 2.67 bits per heavy atom. The van der Waals surface area contributed by atoms with Crippen LogP contribution in [0.15, 0.2) is 24.3 Å². The third kappa shape index (κ3) is 3.06. The van der Waals surface area contributed by atoms with E-state index in [0.717, 1.165) is 23.8 Å². The van der Waals surface area contributed by atoms with Crippen molar-refractivity contribution in [3.8, 4) is 5.69 Å². The molecule has 0 radical (unpaired) electrons. The van der Waals surface area contributed by atoms with Gasteiger partial charge in [-0.3, -0.25) is 0 Å². The number of hydrogen-bond donors (Lipinski definition) is 1. The first-order chi connectivity index (χ1) is 10.1. The van der Waals surface area contributed by atoms with E-state index < -0.39 is 0 Å². The zero-order valence-corrected chi connectivity index (χ0v) is 13.4. The maximum absolute atomic E-state index is 5.55. The summed E-state index contributed by atoms with van der Waals surface area (Å²) >= 11 is 5.55. The van der Waals surface area contributed by atoms with Crippen molar-refractivity contribution in [3.63, 3.8) is 0 Å². The van der Waals surface area contributed by atoms with Crippen molar-refractivity contribution in [1.29, 1.82) is 0 Å². The van der Waals surface area contributed by atoms with E-state index in [1.54, 1.807) is 9.58 Å². The molecule has 1 aliphatic rings. The summed E-state index contributed by atoms with van der Waals surface area (Å²) in [5.74, 6) is 0.851. The van der Waals surface area contributed by atoms with E-state index in [0.29, 0.717) is 4.77 Å². The Labute approximate surface area is 130 Å². The molecule has 2 heterocycles. The molecule has 0 saturated carbocycles. The summed E-state index contributed by atoms with van der Waals surface area (Å²) in [6, 6.07) is 8.11. The predicted molar refractivity (Wildman–Crippen MR) is 84.0 cm³/mol. The third-order valence-electron chi connectivity index (χ3n) is 4.34. The summed E-state index contributed by atoms with van der Waals surface area (Å²) in [6.07, 6.45) is 2.57. The second-order valence-electron chi connectivity index (χ2n) is 6.05. The van der Waals surface area contributed by atoms with Gasteiger partial charge in [-0.15, -0.1) is 0 Å². The molecule has 1 aromatic heterocycles. The van der Waals surface area contributed by atoms with Gasteiger partial charge >= 0.3 is 0 Å². The van der Waals surface area contributed by atoms with Crippen molar-refractivity contribution in [2.75, 3.05) is 13.1 Å². The van der Waals surface area contributed by atoms with E-state index in [4.69, 9.17) is 12.2 Å². The van der Waals surface area contributed by atoms with Crippen LogP contribution < -0.4 is 4.90 Å². The van der Waals surface area contributed by atoms with Gasteiger partial charge in [0, 0.05) is 0 Å². The Kier molecular flexibility index (Phi) is 4.17. The first-order valence-corrected chi connectivity index (χ1v) is 7.98. The molecule has 1 fully saturated rings. The van der Waals surface area contributed by atoms with Gasteiger partial charge in [-0.05, 0) is 60.0 Å². The van der Waals surface area contributed by atoms with E-state index in [9.17, 15) is 0 Å². The van der Waals surface area contributed by atoms with E-state index in [2.05, 4.69) is 30.3 Å². The second-order valence-corrected chi connectivity index (χ2v) is 6.42. The highest BCUT2D eigenvalue weighted by molar-refractivity contribution is 7.71. The number of nitrogens with one attached hydrogen (secondary N) is 1. The van der Waals surface area contributed by atoms with Crippen LogP contribution in [-0.2, 0) is 6.67 Å². The smallest absolute Gasteiger partial charge is 0.225 e. The molecule has 5 nitrogen and oxygen atoms in total. The van der Waals surface area contributed by atoms with Crippen LogP contribution in [0.2, 0.25) is 0 Å². The molecule has 0 amide bonds. The van der Waals surface area contributed by atoms with Gasteiger partial charge < -0.3 is 4.90 Å². The molecule has 0 bridgehead atoms. The van der Waals surface area contributed by atoms with Gasteiger partial charge in [-0.2, -0.15) is 9.36 Å². The Hall–Kier alpha value is -1.53. The van der Waals surface area contributed by atoms with Crippen LogP contribution >= 0.6 is 12.2 Å². The summed E-state index contributed by atoms with van der Waals surface area (Å²) in [4.78, 5) is 1.54. The number of hydrogen-bond acceptors (Lipinski definition) is 3. The first kappa shape index (κ1) is 14.4. The van der Waals surface area contributed by atoms with Crippen molar-refractivity contribution in [2.24, 2.45) is 5.92 Å². The summed E-state index contributed by atoms with van der Waals surface area (Å²) in [6.45, 7) is 7.60. The zero-order chi connectivity index (χ0) is 14.8. The number of likely N-dealkylation sites (tertiary alicyclic amines) is 1. The fourth-order valence-corrected chi connectivity index (χ4v) is 3.10.